The molecule has 0 aliphatic carbocycles. The van der Waals surface area contributed by atoms with E-state index < -0.39 is 0 Å². The maximum Gasteiger partial charge on any atom is 0.247 e. The monoisotopic (exact) mass is 454 g/mol. The minimum Gasteiger partial charge on any atom is -0.495 e. The summed E-state index contributed by atoms with van der Waals surface area (Å²) >= 11 is 0. The van der Waals surface area contributed by atoms with Crippen LogP contribution in [0.15, 0.2) is 72.0 Å². The third-order valence-corrected chi connectivity index (χ3v) is 5.10. The van der Waals surface area contributed by atoms with Gasteiger partial charge in [0.1, 0.15) is 23.3 Å². The molecule has 1 amide bonds. The van der Waals surface area contributed by atoms with Gasteiger partial charge in [-0.1, -0.05) is 6.58 Å². The van der Waals surface area contributed by atoms with Crippen molar-refractivity contribution in [3.8, 4) is 28.9 Å². The summed E-state index contributed by atoms with van der Waals surface area (Å²) in [5.74, 6) is 1.36. The number of furan rings is 1. The predicted octanol–water partition coefficient (Wildman–Crippen LogP) is 5.64. The van der Waals surface area contributed by atoms with E-state index in [2.05, 4.69) is 28.3 Å². The van der Waals surface area contributed by atoms with E-state index in [0.717, 1.165) is 5.56 Å². The lowest BCUT2D eigenvalue weighted by Gasteiger charge is -2.17. The molecule has 2 heterocycles. The molecule has 0 fully saturated rings. The van der Waals surface area contributed by atoms with Gasteiger partial charge < -0.3 is 24.5 Å². The highest BCUT2D eigenvalue weighted by Gasteiger charge is 2.17. The Balaban J connectivity index is 1.88. The van der Waals surface area contributed by atoms with Crippen molar-refractivity contribution < 1.29 is 18.7 Å². The van der Waals surface area contributed by atoms with Crippen molar-refractivity contribution in [3.05, 3.63) is 73.1 Å². The summed E-state index contributed by atoms with van der Waals surface area (Å²) in [5, 5.41) is 16.5. The van der Waals surface area contributed by atoms with Crippen LogP contribution in [-0.2, 0) is 4.79 Å². The number of aromatic nitrogens is 1. The molecule has 34 heavy (non-hydrogen) atoms. The Bertz CT molecular complexity index is 1400. The van der Waals surface area contributed by atoms with E-state index in [1.54, 1.807) is 25.5 Å². The highest BCUT2D eigenvalue weighted by molar-refractivity contribution is 6.04. The van der Waals surface area contributed by atoms with Gasteiger partial charge in [-0.3, -0.25) is 9.78 Å². The average Bonchev–Trinajstić information content (AvgIpc) is 3.40. The fourth-order valence-corrected chi connectivity index (χ4v) is 3.53. The van der Waals surface area contributed by atoms with Gasteiger partial charge in [-0.15, -0.1) is 0 Å². The van der Waals surface area contributed by atoms with Crippen LogP contribution >= 0.6 is 0 Å². The molecule has 4 aromatic rings. The van der Waals surface area contributed by atoms with Gasteiger partial charge >= 0.3 is 0 Å². The molecule has 2 aromatic heterocycles. The largest absolute Gasteiger partial charge is 0.495 e. The molecule has 0 aliphatic heterocycles. The molecular weight excluding hydrogens is 432 g/mol. The smallest absolute Gasteiger partial charge is 0.247 e. The molecule has 0 saturated carbocycles. The molecule has 0 aliphatic rings. The van der Waals surface area contributed by atoms with E-state index in [1.165, 1.54) is 12.3 Å². The zero-order valence-corrected chi connectivity index (χ0v) is 18.7. The molecule has 2 aromatic carbocycles. The summed E-state index contributed by atoms with van der Waals surface area (Å²) in [5.41, 5.74) is 3.33. The lowest BCUT2D eigenvalue weighted by Crippen LogP contribution is -2.09. The van der Waals surface area contributed by atoms with Gasteiger partial charge in [0.15, 0.2) is 0 Å². The number of hydrogen-bond acceptors (Lipinski definition) is 7. The number of benzene rings is 2. The number of anilines is 3. The number of nitrogens with zero attached hydrogens (tertiary/aromatic N) is 2. The molecule has 0 unspecified atom stereocenters. The van der Waals surface area contributed by atoms with Gasteiger partial charge in [0, 0.05) is 23.2 Å². The number of hydrogen-bond donors (Lipinski definition) is 2. The van der Waals surface area contributed by atoms with Crippen LogP contribution in [0.5, 0.6) is 11.5 Å². The Morgan fingerprint density at radius 3 is 2.76 bits per heavy atom. The van der Waals surface area contributed by atoms with Gasteiger partial charge in [0.05, 0.1) is 48.1 Å². The molecule has 4 rings (SSSR count). The van der Waals surface area contributed by atoms with Crippen molar-refractivity contribution >= 4 is 33.9 Å². The lowest BCUT2D eigenvalue weighted by molar-refractivity contribution is -0.111. The van der Waals surface area contributed by atoms with Gasteiger partial charge in [0.25, 0.3) is 0 Å². The number of pyridine rings is 1. The topological polar surface area (TPSA) is 109 Å². The average molecular weight is 454 g/mol. The number of nitriles is 1. The Morgan fingerprint density at radius 1 is 1.24 bits per heavy atom. The molecule has 8 nitrogen and oxygen atoms in total. The minimum atomic E-state index is -0.382. The number of rotatable bonds is 8. The Hall–Kier alpha value is -4.77. The summed E-state index contributed by atoms with van der Waals surface area (Å²) in [6.07, 6.45) is 4.27. The zero-order valence-electron chi connectivity index (χ0n) is 18.7. The van der Waals surface area contributed by atoms with Crippen LogP contribution in [0.25, 0.3) is 22.2 Å². The number of ether oxygens (including phenoxy) is 2. The third-order valence-electron chi connectivity index (χ3n) is 5.10. The van der Waals surface area contributed by atoms with Gasteiger partial charge in [-0.25, -0.2) is 0 Å². The van der Waals surface area contributed by atoms with E-state index in [0.29, 0.717) is 57.4 Å². The Labute approximate surface area is 196 Å². The van der Waals surface area contributed by atoms with Crippen molar-refractivity contribution in [2.24, 2.45) is 0 Å². The fourth-order valence-electron chi connectivity index (χ4n) is 3.53. The highest BCUT2D eigenvalue weighted by Crippen LogP contribution is 2.39. The summed E-state index contributed by atoms with van der Waals surface area (Å²) in [6.45, 7) is 5.75. The van der Waals surface area contributed by atoms with Crippen LogP contribution in [0.4, 0.5) is 17.1 Å². The first-order valence-electron chi connectivity index (χ1n) is 10.5. The molecule has 0 saturated heterocycles. The number of fused-ring (bicyclic) bond motifs is 1. The van der Waals surface area contributed by atoms with E-state index in [-0.39, 0.29) is 5.91 Å². The van der Waals surface area contributed by atoms with E-state index in [9.17, 15) is 10.1 Å². The normalized spacial score (nSPS) is 10.4. The van der Waals surface area contributed by atoms with E-state index in [1.807, 2.05) is 37.3 Å². The second-order valence-electron chi connectivity index (χ2n) is 7.17. The van der Waals surface area contributed by atoms with Crippen LogP contribution < -0.4 is 20.1 Å². The number of methoxy groups -OCH3 is 1. The number of carbonyl (C=O) groups is 1. The minimum absolute atomic E-state index is 0.322. The highest BCUT2D eigenvalue weighted by atomic mass is 16.5. The van der Waals surface area contributed by atoms with Gasteiger partial charge in [-0.2, -0.15) is 5.26 Å². The molecule has 2 N–H and O–H groups in total. The van der Waals surface area contributed by atoms with Gasteiger partial charge in [0.2, 0.25) is 5.91 Å². The maximum absolute atomic E-state index is 12.0. The van der Waals surface area contributed by atoms with Crippen molar-refractivity contribution in [1.82, 2.24) is 4.98 Å². The summed E-state index contributed by atoms with van der Waals surface area (Å²) in [6, 6.07) is 14.9. The maximum atomic E-state index is 12.0. The third kappa shape index (κ3) is 4.40. The number of amides is 1. The fraction of sp³-hybridized carbons (Fsp3) is 0.115. The van der Waals surface area contributed by atoms with Crippen LogP contribution in [0.1, 0.15) is 12.5 Å². The SMILES string of the molecule is C=CC(=O)Nc1cc2c(Nc3cc(-c4ccco4)ccc3OC)c(C#N)cnc2cc1OCC. The van der Waals surface area contributed by atoms with Crippen molar-refractivity contribution in [2.75, 3.05) is 24.4 Å². The first-order valence-corrected chi connectivity index (χ1v) is 10.5. The van der Waals surface area contributed by atoms with Crippen LogP contribution in [0.3, 0.4) is 0 Å². The predicted molar refractivity (Wildman–Crippen MR) is 130 cm³/mol. The molecular formula is C26H22N4O4. The summed E-state index contributed by atoms with van der Waals surface area (Å²) in [7, 11) is 1.57. The molecule has 0 radical (unpaired) electrons. The van der Waals surface area contributed by atoms with Crippen LogP contribution in [-0.4, -0.2) is 24.6 Å². The standard InChI is InChI=1S/C26H22N4O4/c1-4-25(31)29-21-12-18-19(13-24(21)33-5-2)28-15-17(14-27)26(18)30-20-11-16(8-9-23(20)32-3)22-7-6-10-34-22/h4,6-13,15H,1,5H2,2-3H3,(H,28,30)(H,29,31). The van der Waals surface area contributed by atoms with E-state index in [4.69, 9.17) is 13.9 Å². The second kappa shape index (κ2) is 9.79. The van der Waals surface area contributed by atoms with Crippen LogP contribution in [0, 0.1) is 11.3 Å². The van der Waals surface area contributed by atoms with Crippen molar-refractivity contribution in [2.45, 2.75) is 6.92 Å². The molecule has 0 spiro atoms. The number of nitrogens with one attached hydrogen (secondary N) is 2. The quantitative estimate of drug-likeness (QED) is 0.332. The first-order chi connectivity index (χ1) is 16.6. The second-order valence-corrected chi connectivity index (χ2v) is 7.17. The number of carbonyl (C=O) groups excluding carboxylic acids is 1. The lowest BCUT2D eigenvalue weighted by atomic mass is 10.1. The summed E-state index contributed by atoms with van der Waals surface area (Å²) in [4.78, 5) is 16.4. The Morgan fingerprint density at radius 2 is 2.09 bits per heavy atom. The first kappa shape index (κ1) is 22.4. The van der Waals surface area contributed by atoms with Gasteiger partial charge in [-0.05, 0) is 49.4 Å². The molecule has 8 heteroatoms. The molecule has 170 valence electrons. The molecule has 0 bridgehead atoms. The van der Waals surface area contributed by atoms with E-state index >= 15 is 0 Å². The zero-order chi connectivity index (χ0) is 24.1. The van der Waals surface area contributed by atoms with Crippen LogP contribution in [0.2, 0.25) is 0 Å². The molecule has 0 atom stereocenters. The van der Waals surface area contributed by atoms with Crippen molar-refractivity contribution in [1.29, 1.82) is 5.26 Å². The Kier molecular flexibility index (Phi) is 6.46. The van der Waals surface area contributed by atoms with Crippen molar-refractivity contribution in [3.63, 3.8) is 0 Å². The summed E-state index contributed by atoms with van der Waals surface area (Å²) < 4.78 is 16.8.